The lowest BCUT2D eigenvalue weighted by molar-refractivity contribution is -0.384. The Kier molecular flexibility index (Phi) is 6.92. The number of halogens is 1. The Morgan fingerprint density at radius 3 is 2.21 bits per heavy atom. The average Bonchev–Trinajstić information content (AvgIpc) is 2.85. The molecule has 33 heavy (non-hydrogen) atoms. The first-order chi connectivity index (χ1) is 16.0. The normalized spacial score (nSPS) is 10.6. The van der Waals surface area contributed by atoms with Crippen molar-refractivity contribution in [3.63, 3.8) is 0 Å². The highest BCUT2D eigenvalue weighted by Crippen LogP contribution is 2.30. The number of nitro groups is 1. The Balaban J connectivity index is 1.52. The summed E-state index contributed by atoms with van der Waals surface area (Å²) in [4.78, 5) is 27.5. The molecular formula is C23H16ClN5O3S. The summed E-state index contributed by atoms with van der Waals surface area (Å²) in [5.74, 6) is -0.370. The number of benzene rings is 3. The van der Waals surface area contributed by atoms with E-state index >= 15 is 0 Å². The highest BCUT2D eigenvalue weighted by molar-refractivity contribution is 7.99. The lowest BCUT2D eigenvalue weighted by Gasteiger charge is -2.09. The van der Waals surface area contributed by atoms with E-state index in [1.54, 1.807) is 0 Å². The zero-order valence-corrected chi connectivity index (χ0v) is 18.6. The van der Waals surface area contributed by atoms with Crippen molar-refractivity contribution in [2.45, 2.75) is 5.16 Å². The molecule has 0 aliphatic rings. The number of nitrogens with one attached hydrogen (secondary N) is 1. The molecule has 0 atom stereocenters. The molecule has 1 amide bonds. The van der Waals surface area contributed by atoms with E-state index in [0.717, 1.165) is 22.9 Å². The second kappa shape index (κ2) is 10.2. The van der Waals surface area contributed by atoms with Gasteiger partial charge in [-0.1, -0.05) is 84.0 Å². The molecule has 0 saturated heterocycles. The number of nitro benzene ring substituents is 1. The van der Waals surface area contributed by atoms with Crippen LogP contribution in [0.2, 0.25) is 5.02 Å². The number of nitrogens with zero attached hydrogens (tertiary/aromatic N) is 4. The molecule has 0 bridgehead atoms. The van der Waals surface area contributed by atoms with Crippen LogP contribution in [0.15, 0.2) is 84.0 Å². The molecule has 4 aromatic rings. The maximum absolute atomic E-state index is 12.4. The van der Waals surface area contributed by atoms with E-state index in [-0.39, 0.29) is 28.1 Å². The molecule has 10 heteroatoms. The minimum Gasteiger partial charge on any atom is -0.325 e. The van der Waals surface area contributed by atoms with Crippen LogP contribution in [-0.4, -0.2) is 31.8 Å². The first kappa shape index (κ1) is 22.4. The van der Waals surface area contributed by atoms with Gasteiger partial charge in [0.05, 0.1) is 10.7 Å². The standard InChI is InChI=1S/C23H16ClN5O3S/c24-18-12-11-17(13-19(18)29(31)32)25-20(30)14-33-23-26-21(15-7-3-1-4-8-15)22(27-28-23)16-9-5-2-6-10-16/h1-13H,14H2,(H,25,30). The molecule has 4 rings (SSSR count). The fraction of sp³-hybridized carbons (Fsp3) is 0.0435. The van der Waals surface area contributed by atoms with Gasteiger partial charge in [-0.15, -0.1) is 10.2 Å². The number of hydrogen-bond donors (Lipinski definition) is 1. The van der Waals surface area contributed by atoms with E-state index in [9.17, 15) is 14.9 Å². The molecule has 1 aromatic heterocycles. The van der Waals surface area contributed by atoms with Gasteiger partial charge in [0.1, 0.15) is 16.4 Å². The monoisotopic (exact) mass is 477 g/mol. The van der Waals surface area contributed by atoms with Crippen molar-refractivity contribution in [3.8, 4) is 22.5 Å². The molecule has 8 nitrogen and oxygen atoms in total. The Bertz CT molecular complexity index is 1310. The molecule has 0 spiro atoms. The number of amides is 1. The van der Waals surface area contributed by atoms with Crippen LogP contribution in [0.3, 0.4) is 0 Å². The van der Waals surface area contributed by atoms with Gasteiger partial charge in [-0.2, -0.15) is 0 Å². The summed E-state index contributed by atoms with van der Waals surface area (Å²) in [7, 11) is 0. The molecule has 0 aliphatic carbocycles. The SMILES string of the molecule is O=C(CSc1nnc(-c2ccccc2)c(-c2ccccc2)n1)Nc1ccc(Cl)c([N+](=O)[O-])c1. The molecule has 164 valence electrons. The number of hydrogen-bond acceptors (Lipinski definition) is 7. The van der Waals surface area contributed by atoms with Crippen molar-refractivity contribution in [3.05, 3.63) is 94.0 Å². The third-order valence-electron chi connectivity index (χ3n) is 4.52. The Morgan fingerprint density at radius 2 is 1.58 bits per heavy atom. The third kappa shape index (κ3) is 5.51. The highest BCUT2D eigenvalue weighted by Gasteiger charge is 2.16. The molecule has 3 aromatic carbocycles. The van der Waals surface area contributed by atoms with Crippen molar-refractivity contribution < 1.29 is 9.72 Å². The summed E-state index contributed by atoms with van der Waals surface area (Å²) < 4.78 is 0. The van der Waals surface area contributed by atoms with E-state index in [2.05, 4.69) is 20.5 Å². The van der Waals surface area contributed by atoms with Crippen molar-refractivity contribution in [1.29, 1.82) is 0 Å². The van der Waals surface area contributed by atoms with Gasteiger partial charge in [-0.25, -0.2) is 4.98 Å². The van der Waals surface area contributed by atoms with Gasteiger partial charge in [0.2, 0.25) is 11.1 Å². The van der Waals surface area contributed by atoms with Crippen molar-refractivity contribution in [1.82, 2.24) is 15.2 Å². The average molecular weight is 478 g/mol. The van der Waals surface area contributed by atoms with Crippen LogP contribution in [0.1, 0.15) is 0 Å². The number of rotatable bonds is 7. The Hall–Kier alpha value is -3.82. The molecule has 1 heterocycles. The van der Waals surface area contributed by atoms with Crippen molar-refractivity contribution >= 4 is 40.6 Å². The minimum absolute atomic E-state index is 0.00112. The summed E-state index contributed by atoms with van der Waals surface area (Å²) in [6.45, 7) is 0. The smallest absolute Gasteiger partial charge is 0.289 e. The molecule has 0 unspecified atom stereocenters. The quantitative estimate of drug-likeness (QED) is 0.212. The summed E-state index contributed by atoms with van der Waals surface area (Å²) in [6, 6.07) is 23.3. The van der Waals surface area contributed by atoms with Gasteiger partial charge in [-0.05, 0) is 12.1 Å². The minimum atomic E-state index is -0.606. The second-order valence-corrected chi connectivity index (χ2v) is 8.13. The summed E-state index contributed by atoms with van der Waals surface area (Å²) >= 11 is 6.93. The van der Waals surface area contributed by atoms with E-state index < -0.39 is 4.92 Å². The molecule has 0 aliphatic heterocycles. The van der Waals surface area contributed by atoms with Gasteiger partial charge in [0.15, 0.2) is 0 Å². The van der Waals surface area contributed by atoms with Crippen molar-refractivity contribution in [2.75, 3.05) is 11.1 Å². The fourth-order valence-electron chi connectivity index (χ4n) is 3.02. The Morgan fingerprint density at radius 1 is 0.939 bits per heavy atom. The molecule has 1 N–H and O–H groups in total. The van der Waals surface area contributed by atoms with Crippen LogP contribution >= 0.6 is 23.4 Å². The van der Waals surface area contributed by atoms with Gasteiger partial charge >= 0.3 is 0 Å². The first-order valence-electron chi connectivity index (χ1n) is 9.73. The fourth-order valence-corrected chi connectivity index (χ4v) is 3.79. The van der Waals surface area contributed by atoms with Gasteiger partial charge in [0, 0.05) is 22.9 Å². The van der Waals surface area contributed by atoms with Crippen LogP contribution in [0.4, 0.5) is 11.4 Å². The van der Waals surface area contributed by atoms with E-state index in [0.29, 0.717) is 16.5 Å². The topological polar surface area (TPSA) is 111 Å². The second-order valence-electron chi connectivity index (χ2n) is 6.78. The molecule has 0 saturated carbocycles. The van der Waals surface area contributed by atoms with Crippen LogP contribution in [-0.2, 0) is 4.79 Å². The zero-order valence-electron chi connectivity index (χ0n) is 17.0. The van der Waals surface area contributed by atoms with Crippen molar-refractivity contribution in [2.24, 2.45) is 0 Å². The van der Waals surface area contributed by atoms with E-state index in [1.165, 1.54) is 18.2 Å². The van der Waals surface area contributed by atoms with Crippen LogP contribution in [0.5, 0.6) is 0 Å². The number of thioether (sulfide) groups is 1. The largest absolute Gasteiger partial charge is 0.325 e. The zero-order chi connectivity index (χ0) is 23.2. The lowest BCUT2D eigenvalue weighted by Crippen LogP contribution is -2.14. The molecule has 0 fully saturated rings. The summed E-state index contributed by atoms with van der Waals surface area (Å²) in [5.41, 5.74) is 3.07. The van der Waals surface area contributed by atoms with Gasteiger partial charge in [-0.3, -0.25) is 14.9 Å². The van der Waals surface area contributed by atoms with Crippen LogP contribution in [0, 0.1) is 10.1 Å². The predicted molar refractivity (Wildman–Crippen MR) is 128 cm³/mol. The molecule has 0 radical (unpaired) electrons. The number of carbonyl (C=O) groups excluding carboxylic acids is 1. The Labute approximate surface area is 198 Å². The highest BCUT2D eigenvalue weighted by atomic mass is 35.5. The van der Waals surface area contributed by atoms with Gasteiger partial charge < -0.3 is 5.32 Å². The summed E-state index contributed by atoms with van der Waals surface area (Å²) in [6.07, 6.45) is 0. The van der Waals surface area contributed by atoms with Crippen LogP contribution < -0.4 is 5.32 Å². The van der Waals surface area contributed by atoms with Crippen LogP contribution in [0.25, 0.3) is 22.5 Å². The lowest BCUT2D eigenvalue weighted by atomic mass is 10.0. The predicted octanol–water partition coefficient (Wildman–Crippen LogP) is 5.50. The van der Waals surface area contributed by atoms with E-state index in [1.807, 2.05) is 60.7 Å². The summed E-state index contributed by atoms with van der Waals surface area (Å²) in [5, 5.41) is 22.5. The molecular weight excluding hydrogens is 462 g/mol. The maximum Gasteiger partial charge on any atom is 0.289 e. The van der Waals surface area contributed by atoms with E-state index in [4.69, 9.17) is 11.6 Å². The first-order valence-corrected chi connectivity index (χ1v) is 11.1. The number of aromatic nitrogens is 3. The number of anilines is 1. The maximum atomic E-state index is 12.4. The third-order valence-corrected chi connectivity index (χ3v) is 5.68. The van der Waals surface area contributed by atoms with Gasteiger partial charge in [0.25, 0.3) is 5.69 Å². The number of carbonyl (C=O) groups is 1.